The van der Waals surface area contributed by atoms with Crippen molar-refractivity contribution in [3.63, 3.8) is 0 Å². The van der Waals surface area contributed by atoms with E-state index in [4.69, 9.17) is 14.2 Å². The fraction of sp³-hybridized carbons (Fsp3) is 0.632. The summed E-state index contributed by atoms with van der Waals surface area (Å²) in [6.45, 7) is 16.4. The van der Waals surface area contributed by atoms with Crippen LogP contribution in [0.4, 0.5) is 0 Å². The number of benzene rings is 1. The fourth-order valence-electron chi connectivity index (χ4n) is 2.75. The molecular formula is C19H30BrNO2Si. The highest BCUT2D eigenvalue weighted by atomic mass is 79.9. The first-order valence-corrected chi connectivity index (χ1v) is 12.3. The molecule has 134 valence electrons. The molecule has 1 atom stereocenters. The van der Waals surface area contributed by atoms with E-state index in [-0.39, 0.29) is 16.7 Å². The largest absolute Gasteiger partial charge is 0.475 e. The van der Waals surface area contributed by atoms with Gasteiger partial charge in [-0.2, -0.15) is 0 Å². The van der Waals surface area contributed by atoms with E-state index in [0.29, 0.717) is 6.61 Å². The SMILES string of the molecule is CC(C)(C[C@H]1COC(c2ccccc2Br)=N1)O[Si](C)(C)C(C)(C)C. The van der Waals surface area contributed by atoms with Gasteiger partial charge in [-0.3, -0.25) is 0 Å². The third-order valence-corrected chi connectivity index (χ3v) is 10.2. The highest BCUT2D eigenvalue weighted by Gasteiger charge is 2.42. The van der Waals surface area contributed by atoms with Crippen LogP contribution < -0.4 is 0 Å². The fourth-order valence-corrected chi connectivity index (χ4v) is 4.98. The lowest BCUT2D eigenvalue weighted by molar-refractivity contribution is 0.0717. The zero-order chi connectivity index (χ0) is 18.2. The van der Waals surface area contributed by atoms with Crippen molar-refractivity contribution in [2.45, 2.75) is 70.8 Å². The summed E-state index contributed by atoms with van der Waals surface area (Å²) in [6.07, 6.45) is 0.869. The van der Waals surface area contributed by atoms with Gasteiger partial charge in [0.05, 0.1) is 17.2 Å². The standard InChI is InChI=1S/C19H30BrNO2Si/c1-18(2,3)24(6,7)23-19(4,5)12-14-13-22-17(21-14)15-10-8-9-11-16(15)20/h8-11,14H,12-13H2,1-7H3/t14-/m0/s1. The molecule has 0 N–H and O–H groups in total. The molecule has 0 amide bonds. The molecule has 1 aliphatic heterocycles. The zero-order valence-corrected chi connectivity index (χ0v) is 18.5. The minimum absolute atomic E-state index is 0.145. The smallest absolute Gasteiger partial charge is 0.217 e. The third-order valence-electron chi connectivity index (χ3n) is 4.88. The molecule has 0 aromatic heterocycles. The van der Waals surface area contributed by atoms with Crippen LogP contribution in [-0.4, -0.2) is 32.5 Å². The van der Waals surface area contributed by atoms with E-state index in [9.17, 15) is 0 Å². The second kappa shape index (κ2) is 6.93. The molecule has 1 heterocycles. The molecule has 0 spiro atoms. The van der Waals surface area contributed by atoms with Crippen LogP contribution in [0, 0.1) is 0 Å². The molecular weight excluding hydrogens is 382 g/mol. The molecule has 0 radical (unpaired) electrons. The highest BCUT2D eigenvalue weighted by molar-refractivity contribution is 9.10. The maximum absolute atomic E-state index is 6.62. The van der Waals surface area contributed by atoms with Gasteiger partial charge in [0.15, 0.2) is 8.32 Å². The lowest BCUT2D eigenvalue weighted by Crippen LogP contribution is -2.48. The van der Waals surface area contributed by atoms with Gasteiger partial charge in [-0.05, 0) is 60.0 Å². The maximum atomic E-state index is 6.62. The zero-order valence-electron chi connectivity index (χ0n) is 15.9. The van der Waals surface area contributed by atoms with Gasteiger partial charge in [0.2, 0.25) is 5.90 Å². The van der Waals surface area contributed by atoms with Crippen LogP contribution in [0.2, 0.25) is 18.1 Å². The van der Waals surface area contributed by atoms with Crippen molar-refractivity contribution in [2.24, 2.45) is 4.99 Å². The summed E-state index contributed by atoms with van der Waals surface area (Å²) < 4.78 is 13.5. The third kappa shape index (κ3) is 4.70. The monoisotopic (exact) mass is 411 g/mol. The first kappa shape index (κ1) is 19.7. The minimum Gasteiger partial charge on any atom is -0.475 e. The Balaban J connectivity index is 2.08. The Kier molecular flexibility index (Phi) is 5.68. The first-order valence-electron chi connectivity index (χ1n) is 8.57. The van der Waals surface area contributed by atoms with E-state index in [1.165, 1.54) is 0 Å². The molecule has 1 aromatic rings. The molecule has 1 aromatic carbocycles. The molecule has 24 heavy (non-hydrogen) atoms. The second-order valence-corrected chi connectivity index (χ2v) is 14.3. The molecule has 5 heteroatoms. The van der Waals surface area contributed by atoms with Crippen molar-refractivity contribution in [3.05, 3.63) is 34.3 Å². The predicted octanol–water partition coefficient (Wildman–Crippen LogP) is 5.79. The molecule has 2 rings (SSSR count). The number of hydrogen-bond donors (Lipinski definition) is 0. The van der Waals surface area contributed by atoms with Crippen LogP contribution >= 0.6 is 15.9 Å². The number of aliphatic imine (C=N–C) groups is 1. The Morgan fingerprint density at radius 3 is 2.42 bits per heavy atom. The lowest BCUT2D eigenvalue weighted by atomic mass is 10.0. The Morgan fingerprint density at radius 1 is 1.21 bits per heavy atom. The summed E-state index contributed by atoms with van der Waals surface area (Å²) in [5, 5.41) is 0.208. The van der Waals surface area contributed by atoms with Crippen LogP contribution in [0.15, 0.2) is 33.7 Å². The molecule has 1 aliphatic rings. The summed E-state index contributed by atoms with van der Waals surface area (Å²) in [5.74, 6) is 0.732. The Morgan fingerprint density at radius 2 is 1.83 bits per heavy atom. The van der Waals surface area contributed by atoms with Gasteiger partial charge in [0.25, 0.3) is 0 Å². The Labute approximate surface area is 156 Å². The van der Waals surface area contributed by atoms with Crippen molar-refractivity contribution in [2.75, 3.05) is 6.61 Å². The average Bonchev–Trinajstić information content (AvgIpc) is 2.83. The number of hydrogen-bond acceptors (Lipinski definition) is 3. The van der Waals surface area contributed by atoms with Gasteiger partial charge in [-0.1, -0.05) is 32.9 Å². The average molecular weight is 412 g/mol. The molecule has 0 saturated carbocycles. The molecule has 3 nitrogen and oxygen atoms in total. The van der Waals surface area contributed by atoms with Gasteiger partial charge < -0.3 is 9.16 Å². The Bertz CT molecular complexity index is 620. The van der Waals surface area contributed by atoms with Crippen molar-refractivity contribution < 1.29 is 9.16 Å². The normalized spacial score (nSPS) is 19.2. The van der Waals surface area contributed by atoms with Crippen molar-refractivity contribution in [1.82, 2.24) is 0 Å². The number of nitrogens with zero attached hydrogens (tertiary/aromatic N) is 1. The quantitative estimate of drug-likeness (QED) is 0.574. The Hall–Kier alpha value is -0.653. The van der Waals surface area contributed by atoms with Crippen LogP contribution in [0.5, 0.6) is 0 Å². The van der Waals surface area contributed by atoms with Crippen molar-refractivity contribution in [3.8, 4) is 0 Å². The van der Waals surface area contributed by atoms with Crippen LogP contribution in [0.1, 0.15) is 46.6 Å². The van der Waals surface area contributed by atoms with Gasteiger partial charge in [0, 0.05) is 10.9 Å². The molecule has 0 fully saturated rings. The molecule has 0 unspecified atom stereocenters. The highest BCUT2D eigenvalue weighted by Crippen LogP contribution is 2.40. The van der Waals surface area contributed by atoms with Gasteiger partial charge in [-0.15, -0.1) is 0 Å². The van der Waals surface area contributed by atoms with E-state index in [1.54, 1.807) is 0 Å². The minimum atomic E-state index is -1.80. The first-order chi connectivity index (χ1) is 10.9. The topological polar surface area (TPSA) is 30.8 Å². The lowest BCUT2D eigenvalue weighted by Gasteiger charge is -2.43. The van der Waals surface area contributed by atoms with Gasteiger partial charge in [0.1, 0.15) is 6.61 Å². The van der Waals surface area contributed by atoms with E-state index in [2.05, 4.69) is 63.6 Å². The van der Waals surface area contributed by atoms with E-state index in [1.807, 2.05) is 24.3 Å². The summed E-state index contributed by atoms with van der Waals surface area (Å²) >= 11 is 3.57. The van der Waals surface area contributed by atoms with E-state index >= 15 is 0 Å². The summed E-state index contributed by atoms with van der Waals surface area (Å²) in [5.41, 5.74) is 0.812. The maximum Gasteiger partial charge on any atom is 0.217 e. The second-order valence-electron chi connectivity index (χ2n) is 8.71. The predicted molar refractivity (Wildman–Crippen MR) is 107 cm³/mol. The van der Waals surface area contributed by atoms with E-state index in [0.717, 1.165) is 22.4 Å². The van der Waals surface area contributed by atoms with Gasteiger partial charge >= 0.3 is 0 Å². The van der Waals surface area contributed by atoms with Crippen LogP contribution in [0.25, 0.3) is 0 Å². The van der Waals surface area contributed by atoms with Crippen LogP contribution in [-0.2, 0) is 9.16 Å². The summed E-state index contributed by atoms with van der Waals surface area (Å²) in [6, 6.07) is 8.19. The summed E-state index contributed by atoms with van der Waals surface area (Å²) in [4.78, 5) is 4.80. The summed E-state index contributed by atoms with van der Waals surface area (Å²) in [7, 11) is -1.80. The number of ether oxygens (including phenoxy) is 1. The number of halogens is 1. The number of rotatable bonds is 5. The van der Waals surface area contributed by atoms with E-state index < -0.39 is 8.32 Å². The van der Waals surface area contributed by atoms with Crippen molar-refractivity contribution in [1.29, 1.82) is 0 Å². The van der Waals surface area contributed by atoms with Crippen molar-refractivity contribution >= 4 is 30.1 Å². The molecule has 0 aliphatic carbocycles. The van der Waals surface area contributed by atoms with Gasteiger partial charge in [-0.25, -0.2) is 4.99 Å². The molecule has 0 bridgehead atoms. The van der Waals surface area contributed by atoms with Crippen LogP contribution in [0.3, 0.4) is 0 Å². The molecule has 0 saturated heterocycles.